The summed E-state index contributed by atoms with van der Waals surface area (Å²) < 4.78 is 23.1. The lowest BCUT2D eigenvalue weighted by molar-refractivity contribution is -0.143. The Labute approximate surface area is 193 Å². The maximum Gasteiger partial charge on any atom is 0.249 e. The summed E-state index contributed by atoms with van der Waals surface area (Å²) >= 11 is 0. The van der Waals surface area contributed by atoms with Gasteiger partial charge in [-0.05, 0) is 42.8 Å². The summed E-state index contributed by atoms with van der Waals surface area (Å²) in [5.74, 6) is 0.0926. The Morgan fingerprint density at radius 3 is 2.45 bits per heavy atom. The van der Waals surface area contributed by atoms with Crippen molar-refractivity contribution in [1.29, 1.82) is 0 Å². The molecule has 0 aliphatic carbocycles. The predicted octanol–water partition coefficient (Wildman–Crippen LogP) is 1.44. The number of amides is 2. The molecule has 1 aliphatic heterocycles. The molecule has 2 heterocycles. The zero-order valence-corrected chi connectivity index (χ0v) is 19.1. The zero-order chi connectivity index (χ0) is 23.6. The molecule has 178 valence electrons. The predicted molar refractivity (Wildman–Crippen MR) is 121 cm³/mol. The summed E-state index contributed by atoms with van der Waals surface area (Å²) in [6, 6.07) is 9.87. The minimum atomic E-state index is -0.295. The van der Waals surface area contributed by atoms with Crippen LogP contribution in [-0.4, -0.2) is 98.5 Å². The number of ether oxygens (including phenoxy) is 2. The zero-order valence-electron chi connectivity index (χ0n) is 19.1. The maximum atomic E-state index is 13.1. The molecular formula is C23H30FN5O4. The molecule has 1 saturated heterocycles. The van der Waals surface area contributed by atoms with Gasteiger partial charge in [0, 0.05) is 52.5 Å². The summed E-state index contributed by atoms with van der Waals surface area (Å²) in [5.41, 5.74) is 1.46. The second-order valence-electron chi connectivity index (χ2n) is 7.75. The van der Waals surface area contributed by atoms with Crippen LogP contribution < -0.4 is 4.90 Å². The van der Waals surface area contributed by atoms with E-state index in [1.165, 1.54) is 24.1 Å². The highest BCUT2D eigenvalue weighted by Gasteiger charge is 2.24. The van der Waals surface area contributed by atoms with Crippen LogP contribution in [0, 0.1) is 5.82 Å². The number of hydrogen-bond donors (Lipinski definition) is 0. The third-order valence-electron chi connectivity index (χ3n) is 5.48. The van der Waals surface area contributed by atoms with Crippen LogP contribution in [0.4, 0.5) is 10.2 Å². The van der Waals surface area contributed by atoms with E-state index in [9.17, 15) is 14.0 Å². The topological polar surface area (TPSA) is 88.1 Å². The summed E-state index contributed by atoms with van der Waals surface area (Å²) in [7, 11) is 3.01. The second-order valence-corrected chi connectivity index (χ2v) is 7.75. The fourth-order valence-electron chi connectivity index (χ4n) is 3.64. The van der Waals surface area contributed by atoms with Crippen LogP contribution in [0.15, 0.2) is 36.4 Å². The van der Waals surface area contributed by atoms with Gasteiger partial charge in [0.1, 0.15) is 12.4 Å². The van der Waals surface area contributed by atoms with Crippen LogP contribution >= 0.6 is 0 Å². The van der Waals surface area contributed by atoms with E-state index >= 15 is 0 Å². The van der Waals surface area contributed by atoms with E-state index in [0.29, 0.717) is 38.5 Å². The van der Waals surface area contributed by atoms with Crippen LogP contribution in [-0.2, 0) is 19.1 Å². The molecule has 1 aliphatic rings. The first-order chi connectivity index (χ1) is 16.0. The van der Waals surface area contributed by atoms with Crippen LogP contribution in [0.3, 0.4) is 0 Å². The van der Waals surface area contributed by atoms with Gasteiger partial charge in [0.15, 0.2) is 5.82 Å². The van der Waals surface area contributed by atoms with Crippen molar-refractivity contribution < 1.29 is 23.5 Å². The molecular weight excluding hydrogens is 429 g/mol. The molecule has 0 bridgehead atoms. The first-order valence-electron chi connectivity index (χ1n) is 10.9. The lowest BCUT2D eigenvalue weighted by Gasteiger charge is -2.27. The van der Waals surface area contributed by atoms with E-state index in [2.05, 4.69) is 15.1 Å². The number of rotatable bonds is 9. The van der Waals surface area contributed by atoms with Gasteiger partial charge in [-0.2, -0.15) is 0 Å². The molecule has 0 N–H and O–H groups in total. The van der Waals surface area contributed by atoms with E-state index in [0.717, 1.165) is 24.3 Å². The van der Waals surface area contributed by atoms with Crippen LogP contribution in [0.25, 0.3) is 11.3 Å². The fourth-order valence-corrected chi connectivity index (χ4v) is 3.64. The highest BCUT2D eigenvalue weighted by Crippen LogP contribution is 2.20. The maximum absolute atomic E-state index is 13.1. The van der Waals surface area contributed by atoms with E-state index in [1.807, 2.05) is 12.1 Å². The highest BCUT2D eigenvalue weighted by molar-refractivity contribution is 5.85. The Kier molecular flexibility index (Phi) is 9.08. The molecule has 0 atom stereocenters. The molecule has 33 heavy (non-hydrogen) atoms. The number of halogens is 1. The molecule has 1 aromatic heterocycles. The number of hydrogen-bond acceptors (Lipinski definition) is 7. The summed E-state index contributed by atoms with van der Waals surface area (Å²) in [4.78, 5) is 30.5. The van der Waals surface area contributed by atoms with Gasteiger partial charge in [-0.15, -0.1) is 10.2 Å². The minimum Gasteiger partial charge on any atom is -0.383 e. The molecule has 0 unspecified atom stereocenters. The Hall–Kier alpha value is -3.11. The quantitative estimate of drug-likeness (QED) is 0.561. The first kappa shape index (κ1) is 24.5. The lowest BCUT2D eigenvalue weighted by atomic mass is 10.1. The molecule has 0 saturated carbocycles. The lowest BCUT2D eigenvalue weighted by Crippen LogP contribution is -2.46. The summed E-state index contributed by atoms with van der Waals surface area (Å²) in [5, 5.41) is 8.62. The monoisotopic (exact) mass is 459 g/mol. The Balaban J connectivity index is 1.58. The van der Waals surface area contributed by atoms with Crippen molar-refractivity contribution in [2.45, 2.75) is 6.42 Å². The van der Waals surface area contributed by atoms with Gasteiger partial charge in [0.25, 0.3) is 0 Å². The fraction of sp³-hybridized carbons (Fsp3) is 0.478. The van der Waals surface area contributed by atoms with Crippen molar-refractivity contribution in [3.8, 4) is 11.3 Å². The third kappa shape index (κ3) is 6.93. The number of carbonyl (C=O) groups excluding carboxylic acids is 2. The molecule has 2 aromatic rings. The highest BCUT2D eigenvalue weighted by atomic mass is 19.1. The van der Waals surface area contributed by atoms with E-state index in [1.54, 1.807) is 24.1 Å². The smallest absolute Gasteiger partial charge is 0.249 e. The molecule has 10 heteroatoms. The number of nitrogens with zero attached hydrogens (tertiary/aromatic N) is 5. The summed E-state index contributed by atoms with van der Waals surface area (Å²) in [6.07, 6.45) is 0.775. The molecule has 1 fully saturated rings. The van der Waals surface area contributed by atoms with Crippen molar-refractivity contribution in [3.63, 3.8) is 0 Å². The van der Waals surface area contributed by atoms with Gasteiger partial charge in [-0.3, -0.25) is 9.59 Å². The van der Waals surface area contributed by atoms with Crippen LogP contribution in [0.1, 0.15) is 6.42 Å². The number of benzene rings is 1. The summed E-state index contributed by atoms with van der Waals surface area (Å²) in [6.45, 7) is 3.09. The molecule has 3 rings (SSSR count). The van der Waals surface area contributed by atoms with Crippen LogP contribution in [0.2, 0.25) is 0 Å². The Morgan fingerprint density at radius 2 is 1.79 bits per heavy atom. The third-order valence-corrected chi connectivity index (χ3v) is 5.48. The molecule has 9 nitrogen and oxygen atoms in total. The van der Waals surface area contributed by atoms with Gasteiger partial charge >= 0.3 is 0 Å². The molecule has 1 aromatic carbocycles. The normalized spacial score (nSPS) is 14.2. The van der Waals surface area contributed by atoms with E-state index in [-0.39, 0.29) is 30.8 Å². The standard InChI is InChI=1S/C23H30FN5O4/c1-32-15-14-29(23(31)17-33-2)16-22(30)28-11-3-10-27(12-13-28)21-9-8-20(25-26-21)18-4-6-19(24)7-5-18/h4-9H,3,10-17H2,1-2H3. The van der Waals surface area contributed by atoms with Crippen molar-refractivity contribution in [3.05, 3.63) is 42.2 Å². The number of methoxy groups -OCH3 is 2. The number of carbonyl (C=O) groups is 2. The first-order valence-corrected chi connectivity index (χ1v) is 10.9. The number of anilines is 1. The average molecular weight is 460 g/mol. The van der Waals surface area contributed by atoms with Gasteiger partial charge in [0.2, 0.25) is 11.8 Å². The van der Waals surface area contributed by atoms with E-state index < -0.39 is 0 Å². The SMILES string of the molecule is COCCN(CC(=O)N1CCCN(c2ccc(-c3ccc(F)cc3)nn2)CC1)C(=O)COC. The van der Waals surface area contributed by atoms with Crippen molar-refractivity contribution in [2.24, 2.45) is 0 Å². The molecule has 0 radical (unpaired) electrons. The van der Waals surface area contributed by atoms with Crippen molar-refractivity contribution >= 4 is 17.6 Å². The van der Waals surface area contributed by atoms with E-state index in [4.69, 9.17) is 9.47 Å². The van der Waals surface area contributed by atoms with Crippen LogP contribution in [0.5, 0.6) is 0 Å². The number of aromatic nitrogens is 2. The van der Waals surface area contributed by atoms with Gasteiger partial charge < -0.3 is 24.2 Å². The van der Waals surface area contributed by atoms with Crippen molar-refractivity contribution in [1.82, 2.24) is 20.0 Å². The average Bonchev–Trinajstić information content (AvgIpc) is 3.09. The van der Waals surface area contributed by atoms with Gasteiger partial charge in [0.05, 0.1) is 18.8 Å². The van der Waals surface area contributed by atoms with Crippen molar-refractivity contribution in [2.75, 3.05) is 71.6 Å². The second kappa shape index (κ2) is 12.2. The van der Waals surface area contributed by atoms with Gasteiger partial charge in [-0.25, -0.2) is 4.39 Å². The Bertz CT molecular complexity index is 910. The largest absolute Gasteiger partial charge is 0.383 e. The molecule has 0 spiro atoms. The molecule has 2 amide bonds. The van der Waals surface area contributed by atoms with Gasteiger partial charge in [-0.1, -0.05) is 0 Å². The minimum absolute atomic E-state index is 0.00226. The Morgan fingerprint density at radius 1 is 1.00 bits per heavy atom.